The fourth-order valence-corrected chi connectivity index (χ4v) is 1.68. The molecular formula is C11H12ClN3O2. The quantitative estimate of drug-likeness (QED) is 0.794. The number of carboxylic acid groups (broad SMARTS) is 1. The summed E-state index contributed by atoms with van der Waals surface area (Å²) in [6, 6.07) is 3.62. The van der Waals surface area contributed by atoms with Gasteiger partial charge in [0.1, 0.15) is 5.65 Å². The lowest BCUT2D eigenvalue weighted by Gasteiger charge is -1.98. The van der Waals surface area contributed by atoms with Crippen molar-refractivity contribution in [1.29, 1.82) is 0 Å². The van der Waals surface area contributed by atoms with Gasteiger partial charge in [-0.15, -0.1) is 0 Å². The smallest absolute Gasteiger partial charge is 0.304 e. The summed E-state index contributed by atoms with van der Waals surface area (Å²) in [5, 5.41) is 12.2. The lowest BCUT2D eigenvalue weighted by molar-refractivity contribution is -0.136. The molecule has 0 aliphatic rings. The molecule has 0 fully saturated rings. The van der Waals surface area contributed by atoms with E-state index >= 15 is 0 Å². The molecule has 17 heavy (non-hydrogen) atoms. The molecule has 5 nitrogen and oxygen atoms in total. The highest BCUT2D eigenvalue weighted by molar-refractivity contribution is 6.30. The van der Waals surface area contributed by atoms with E-state index in [0.29, 0.717) is 18.1 Å². The van der Waals surface area contributed by atoms with Crippen LogP contribution in [0.1, 0.15) is 12.1 Å². The molecule has 2 N–H and O–H groups in total. The summed E-state index contributed by atoms with van der Waals surface area (Å²) in [7, 11) is 0. The van der Waals surface area contributed by atoms with Gasteiger partial charge in [0.05, 0.1) is 17.1 Å². The summed E-state index contributed by atoms with van der Waals surface area (Å²) in [5.41, 5.74) is 1.68. The summed E-state index contributed by atoms with van der Waals surface area (Å²) in [6.07, 6.45) is 3.76. The third-order valence-corrected chi connectivity index (χ3v) is 2.51. The van der Waals surface area contributed by atoms with Crippen LogP contribution in [-0.2, 0) is 11.3 Å². The standard InChI is InChI=1S/C11H12ClN3O2/c12-8-1-2-10-14-9(7-15(10)6-8)5-13-4-3-11(16)17/h1-2,6-7,13H,3-5H2,(H,16,17). The monoisotopic (exact) mass is 253 g/mol. The van der Waals surface area contributed by atoms with E-state index in [1.165, 1.54) is 0 Å². The van der Waals surface area contributed by atoms with E-state index in [4.69, 9.17) is 16.7 Å². The Morgan fingerprint density at radius 2 is 2.29 bits per heavy atom. The second kappa shape index (κ2) is 5.16. The molecule has 0 radical (unpaired) electrons. The molecule has 6 heteroatoms. The van der Waals surface area contributed by atoms with E-state index in [1.807, 2.05) is 16.7 Å². The highest BCUT2D eigenvalue weighted by Crippen LogP contribution is 2.11. The molecule has 2 heterocycles. The molecule has 2 rings (SSSR count). The van der Waals surface area contributed by atoms with Gasteiger partial charge in [0, 0.05) is 25.5 Å². The van der Waals surface area contributed by atoms with E-state index in [1.54, 1.807) is 12.3 Å². The van der Waals surface area contributed by atoms with Crippen LogP contribution >= 0.6 is 11.6 Å². The SMILES string of the molecule is O=C(O)CCNCc1cn2cc(Cl)ccc2n1. The number of carbonyl (C=O) groups is 1. The average Bonchev–Trinajstić information content (AvgIpc) is 2.66. The van der Waals surface area contributed by atoms with Crippen molar-refractivity contribution in [3.8, 4) is 0 Å². The maximum atomic E-state index is 10.3. The van der Waals surface area contributed by atoms with Crippen molar-refractivity contribution in [1.82, 2.24) is 14.7 Å². The zero-order valence-electron chi connectivity index (χ0n) is 9.06. The topological polar surface area (TPSA) is 66.6 Å². The lowest BCUT2D eigenvalue weighted by Crippen LogP contribution is -2.17. The van der Waals surface area contributed by atoms with Crippen molar-refractivity contribution < 1.29 is 9.90 Å². The number of fused-ring (bicyclic) bond motifs is 1. The predicted octanol–water partition coefficient (Wildman–Crippen LogP) is 1.55. The third-order valence-electron chi connectivity index (χ3n) is 2.29. The van der Waals surface area contributed by atoms with Crippen LogP contribution in [0.2, 0.25) is 5.02 Å². The van der Waals surface area contributed by atoms with E-state index in [2.05, 4.69) is 10.3 Å². The lowest BCUT2D eigenvalue weighted by atomic mass is 10.4. The fourth-order valence-electron chi connectivity index (χ4n) is 1.51. The molecule has 0 amide bonds. The molecule has 0 unspecified atom stereocenters. The van der Waals surface area contributed by atoms with Gasteiger partial charge in [-0.3, -0.25) is 4.79 Å². The summed E-state index contributed by atoms with van der Waals surface area (Å²) in [4.78, 5) is 14.7. The Labute approximate surface area is 103 Å². The highest BCUT2D eigenvalue weighted by atomic mass is 35.5. The Morgan fingerprint density at radius 1 is 1.47 bits per heavy atom. The molecule has 0 aliphatic carbocycles. The second-order valence-corrected chi connectivity index (χ2v) is 4.10. The molecule has 0 saturated heterocycles. The first-order chi connectivity index (χ1) is 8.15. The average molecular weight is 254 g/mol. The van der Waals surface area contributed by atoms with Gasteiger partial charge in [0.15, 0.2) is 0 Å². The minimum Gasteiger partial charge on any atom is -0.481 e. The molecule has 0 atom stereocenters. The number of imidazole rings is 1. The molecule has 2 aromatic heterocycles. The number of carboxylic acids is 1. The van der Waals surface area contributed by atoms with Crippen molar-refractivity contribution >= 4 is 23.2 Å². The number of nitrogens with one attached hydrogen (secondary N) is 1. The van der Waals surface area contributed by atoms with E-state index in [9.17, 15) is 4.79 Å². The van der Waals surface area contributed by atoms with Crippen molar-refractivity contribution in [2.75, 3.05) is 6.54 Å². The summed E-state index contributed by atoms with van der Waals surface area (Å²) < 4.78 is 1.84. The zero-order valence-corrected chi connectivity index (χ0v) is 9.81. The maximum Gasteiger partial charge on any atom is 0.304 e. The number of halogens is 1. The molecule has 0 spiro atoms. The Morgan fingerprint density at radius 3 is 3.06 bits per heavy atom. The van der Waals surface area contributed by atoms with E-state index < -0.39 is 5.97 Å². The van der Waals surface area contributed by atoms with Gasteiger partial charge in [-0.25, -0.2) is 4.98 Å². The van der Waals surface area contributed by atoms with Gasteiger partial charge in [0.2, 0.25) is 0 Å². The minimum absolute atomic E-state index is 0.110. The molecule has 0 saturated carbocycles. The van der Waals surface area contributed by atoms with Gasteiger partial charge in [-0.2, -0.15) is 0 Å². The number of hydrogen-bond donors (Lipinski definition) is 2. The molecule has 0 aromatic carbocycles. The van der Waals surface area contributed by atoms with Crippen LogP contribution in [0.25, 0.3) is 5.65 Å². The summed E-state index contributed by atoms with van der Waals surface area (Å²) in [5.74, 6) is -0.806. The maximum absolute atomic E-state index is 10.3. The highest BCUT2D eigenvalue weighted by Gasteiger charge is 2.02. The Hall–Kier alpha value is -1.59. The molecule has 2 aromatic rings. The van der Waals surface area contributed by atoms with Gasteiger partial charge >= 0.3 is 5.97 Å². The Kier molecular flexibility index (Phi) is 3.61. The van der Waals surface area contributed by atoms with Crippen LogP contribution < -0.4 is 5.32 Å². The molecule has 0 aliphatic heterocycles. The fraction of sp³-hybridized carbons (Fsp3) is 0.273. The molecule has 0 bridgehead atoms. The Balaban J connectivity index is 1.97. The van der Waals surface area contributed by atoms with Crippen LogP contribution in [0, 0.1) is 0 Å². The zero-order chi connectivity index (χ0) is 12.3. The minimum atomic E-state index is -0.806. The van der Waals surface area contributed by atoms with Crippen LogP contribution in [0.5, 0.6) is 0 Å². The Bertz CT molecular complexity index is 538. The van der Waals surface area contributed by atoms with Crippen molar-refractivity contribution in [2.24, 2.45) is 0 Å². The summed E-state index contributed by atoms with van der Waals surface area (Å²) in [6.45, 7) is 0.983. The first-order valence-electron chi connectivity index (χ1n) is 5.21. The van der Waals surface area contributed by atoms with Crippen LogP contribution in [0.4, 0.5) is 0 Å². The number of hydrogen-bond acceptors (Lipinski definition) is 3. The van der Waals surface area contributed by atoms with Crippen LogP contribution in [0.15, 0.2) is 24.5 Å². The van der Waals surface area contributed by atoms with Crippen LogP contribution in [0.3, 0.4) is 0 Å². The number of pyridine rings is 1. The van der Waals surface area contributed by atoms with Gasteiger partial charge in [0.25, 0.3) is 0 Å². The molecule has 90 valence electrons. The number of aromatic nitrogens is 2. The number of rotatable bonds is 5. The van der Waals surface area contributed by atoms with Gasteiger partial charge in [-0.05, 0) is 12.1 Å². The largest absolute Gasteiger partial charge is 0.481 e. The van der Waals surface area contributed by atoms with Gasteiger partial charge < -0.3 is 14.8 Å². The number of nitrogens with zero attached hydrogens (tertiary/aromatic N) is 2. The van der Waals surface area contributed by atoms with Crippen molar-refractivity contribution in [3.63, 3.8) is 0 Å². The van der Waals surface area contributed by atoms with Gasteiger partial charge in [-0.1, -0.05) is 11.6 Å². The predicted molar refractivity (Wildman–Crippen MR) is 64.2 cm³/mol. The van der Waals surface area contributed by atoms with Crippen LogP contribution in [-0.4, -0.2) is 27.0 Å². The number of aliphatic carboxylic acids is 1. The van der Waals surface area contributed by atoms with Crippen molar-refractivity contribution in [2.45, 2.75) is 13.0 Å². The van der Waals surface area contributed by atoms with E-state index in [-0.39, 0.29) is 6.42 Å². The van der Waals surface area contributed by atoms with Crippen molar-refractivity contribution in [3.05, 3.63) is 35.2 Å². The summed E-state index contributed by atoms with van der Waals surface area (Å²) >= 11 is 5.86. The first-order valence-corrected chi connectivity index (χ1v) is 5.58. The molecular weight excluding hydrogens is 242 g/mol. The second-order valence-electron chi connectivity index (χ2n) is 3.67. The first kappa shape index (κ1) is 11.9. The van der Waals surface area contributed by atoms with E-state index in [0.717, 1.165) is 11.3 Å². The normalized spacial score (nSPS) is 10.9. The third kappa shape index (κ3) is 3.18.